The molecule has 0 aliphatic heterocycles. The lowest BCUT2D eigenvalue weighted by atomic mass is 9.53. The number of hydrogen-bond acceptors (Lipinski definition) is 6. The number of carbonyl (C=O) groups excluding carboxylic acids is 3. The van der Waals surface area contributed by atoms with E-state index in [1.54, 1.807) is 6.08 Å². The fourth-order valence-electron chi connectivity index (χ4n) is 5.63. The highest BCUT2D eigenvalue weighted by Crippen LogP contribution is 2.57. The van der Waals surface area contributed by atoms with Gasteiger partial charge in [0.1, 0.15) is 0 Å². The molecule has 0 heterocycles. The quantitative estimate of drug-likeness (QED) is 0.225. The molecule has 6 heteroatoms. The normalized spacial score (nSPS) is 26.7. The first-order valence-electron chi connectivity index (χ1n) is 12.3. The fourth-order valence-corrected chi connectivity index (χ4v) is 5.63. The van der Waals surface area contributed by atoms with Gasteiger partial charge in [0, 0.05) is 0 Å². The summed E-state index contributed by atoms with van der Waals surface area (Å²) in [7, 11) is 0. The van der Waals surface area contributed by atoms with E-state index in [0.717, 1.165) is 37.0 Å². The molecule has 4 rings (SSSR count). The van der Waals surface area contributed by atoms with Crippen LogP contribution < -0.4 is 0 Å². The Labute approximate surface area is 188 Å². The molecule has 0 unspecified atom stereocenters. The topological polar surface area (TPSA) is 88.3 Å². The summed E-state index contributed by atoms with van der Waals surface area (Å²) in [5, 5.41) is 0. The summed E-state index contributed by atoms with van der Waals surface area (Å²) in [6, 6.07) is 0. The molecule has 4 fully saturated rings. The lowest BCUT2D eigenvalue weighted by molar-refractivity contribution is 0.00170. The van der Waals surface area contributed by atoms with Crippen molar-refractivity contribution in [3.05, 3.63) is 0 Å². The van der Waals surface area contributed by atoms with Crippen molar-refractivity contribution >= 4 is 18.2 Å². The molecule has 4 saturated carbocycles. The molecule has 4 aliphatic rings. The molecule has 0 aromatic carbocycles. The maximum Gasteiger partial charge on any atom is 0.235 e. The van der Waals surface area contributed by atoms with E-state index < -0.39 is 0 Å². The Morgan fingerprint density at radius 1 is 0.645 bits per heavy atom. The number of nitrogens with zero attached hydrogens (tertiary/aromatic N) is 3. The van der Waals surface area contributed by atoms with Gasteiger partial charge in [0.2, 0.25) is 18.2 Å². The number of unbranched alkanes of at least 4 members (excludes halogenated alkanes) is 6. The smallest absolute Gasteiger partial charge is 0.211 e. The summed E-state index contributed by atoms with van der Waals surface area (Å²) in [6.45, 7) is 5.61. The van der Waals surface area contributed by atoms with Crippen molar-refractivity contribution < 1.29 is 14.4 Å². The lowest BCUT2D eigenvalue weighted by Gasteiger charge is -2.54. The molecule has 0 aromatic rings. The number of rotatable bonds is 11. The second kappa shape index (κ2) is 16.8. The highest BCUT2D eigenvalue weighted by Gasteiger charge is 2.51. The Morgan fingerprint density at radius 2 is 1.06 bits per heavy atom. The molecule has 0 N–H and O–H groups in total. The van der Waals surface area contributed by atoms with Crippen LogP contribution in [-0.2, 0) is 14.4 Å². The van der Waals surface area contributed by atoms with E-state index in [2.05, 4.69) is 28.8 Å². The van der Waals surface area contributed by atoms with Gasteiger partial charge in [-0.25, -0.2) is 24.4 Å². The molecule has 0 atom stereocenters. The molecule has 31 heavy (non-hydrogen) atoms. The van der Waals surface area contributed by atoms with E-state index >= 15 is 0 Å². The third-order valence-corrected chi connectivity index (χ3v) is 6.66. The first kappa shape index (κ1) is 27.2. The first-order valence-corrected chi connectivity index (χ1v) is 12.3. The zero-order valence-electron chi connectivity index (χ0n) is 19.6. The van der Waals surface area contributed by atoms with Crippen LogP contribution in [0.25, 0.3) is 0 Å². The van der Waals surface area contributed by atoms with Gasteiger partial charge in [-0.15, -0.1) is 0 Å². The fraction of sp³-hybridized carbons (Fsp3) is 0.880. The van der Waals surface area contributed by atoms with Crippen LogP contribution in [0.4, 0.5) is 0 Å². The van der Waals surface area contributed by atoms with E-state index in [-0.39, 0.29) is 5.54 Å². The molecule has 0 aromatic heterocycles. The zero-order chi connectivity index (χ0) is 22.8. The molecule has 4 aliphatic carbocycles. The van der Waals surface area contributed by atoms with Gasteiger partial charge in [-0.05, 0) is 69.1 Å². The average molecular weight is 432 g/mol. The molecule has 0 radical (unpaired) electrons. The molecule has 0 amide bonds. The van der Waals surface area contributed by atoms with Gasteiger partial charge in [-0.2, -0.15) is 4.99 Å². The highest BCUT2D eigenvalue weighted by atomic mass is 16.1. The van der Waals surface area contributed by atoms with E-state index in [4.69, 9.17) is 0 Å². The summed E-state index contributed by atoms with van der Waals surface area (Å²) in [4.78, 5) is 40.5. The van der Waals surface area contributed by atoms with Crippen LogP contribution in [0.15, 0.2) is 15.0 Å². The Kier molecular flexibility index (Phi) is 14.7. The Bertz CT molecular complexity index is 595. The number of isocyanates is 3. The minimum atomic E-state index is 0.0521. The van der Waals surface area contributed by atoms with Crippen molar-refractivity contribution in [2.75, 3.05) is 13.1 Å². The second-order valence-electron chi connectivity index (χ2n) is 9.41. The molecule has 174 valence electrons. The van der Waals surface area contributed by atoms with Gasteiger partial charge in [-0.3, -0.25) is 0 Å². The Balaban J connectivity index is 0.000000243. The molecule has 4 bridgehead atoms. The van der Waals surface area contributed by atoms with E-state index in [1.807, 2.05) is 0 Å². The summed E-state index contributed by atoms with van der Waals surface area (Å²) in [6.07, 6.45) is 22.0. The van der Waals surface area contributed by atoms with E-state index in [9.17, 15) is 14.4 Å². The van der Waals surface area contributed by atoms with Gasteiger partial charge in [0.25, 0.3) is 0 Å². The Hall–Kier alpha value is -1.86. The number of hydrogen-bond donors (Lipinski definition) is 0. The van der Waals surface area contributed by atoms with E-state index in [0.29, 0.717) is 13.1 Å². The van der Waals surface area contributed by atoms with E-state index in [1.165, 1.54) is 82.8 Å². The van der Waals surface area contributed by atoms with Crippen LogP contribution in [0.5, 0.6) is 0 Å². The van der Waals surface area contributed by atoms with Crippen molar-refractivity contribution in [2.24, 2.45) is 32.7 Å². The zero-order valence-corrected chi connectivity index (χ0v) is 19.6. The first-order chi connectivity index (χ1) is 15.1. The van der Waals surface area contributed by atoms with Crippen molar-refractivity contribution in [3.8, 4) is 0 Å². The summed E-state index contributed by atoms with van der Waals surface area (Å²) >= 11 is 0. The van der Waals surface area contributed by atoms with Crippen molar-refractivity contribution in [3.63, 3.8) is 0 Å². The summed E-state index contributed by atoms with van der Waals surface area (Å²) in [5.74, 6) is 2.63. The maximum absolute atomic E-state index is 10.4. The van der Waals surface area contributed by atoms with Crippen LogP contribution in [0.2, 0.25) is 0 Å². The molecule has 6 nitrogen and oxygen atoms in total. The predicted molar refractivity (Wildman–Crippen MR) is 123 cm³/mol. The van der Waals surface area contributed by atoms with Gasteiger partial charge in [0.15, 0.2) is 0 Å². The van der Waals surface area contributed by atoms with Gasteiger partial charge < -0.3 is 0 Å². The molecule has 0 spiro atoms. The standard InChI is InChI=1S/C11H15NO.C8H15NO.C6H11NO/c13-7-12-11-4-8-1-9(5-11)3-10(2-8)6-11;1-2-3-4-5-6-7-9-8-10;1-2-3-4-5-7-6-8/h8-10H,1-6H2;2-7H2,1H3;2-5H2,1H3. The molecular weight excluding hydrogens is 390 g/mol. The predicted octanol–water partition coefficient (Wildman–Crippen LogP) is 6.10. The minimum Gasteiger partial charge on any atom is -0.211 e. The highest BCUT2D eigenvalue weighted by molar-refractivity contribution is 5.35. The van der Waals surface area contributed by atoms with Crippen LogP contribution in [-0.4, -0.2) is 36.9 Å². The third kappa shape index (κ3) is 11.4. The lowest BCUT2D eigenvalue weighted by Crippen LogP contribution is -2.49. The van der Waals surface area contributed by atoms with Gasteiger partial charge >= 0.3 is 0 Å². The average Bonchev–Trinajstić information content (AvgIpc) is 2.74. The van der Waals surface area contributed by atoms with Crippen molar-refractivity contribution in [2.45, 2.75) is 109 Å². The largest absolute Gasteiger partial charge is 0.235 e. The van der Waals surface area contributed by atoms with Crippen LogP contribution in [0, 0.1) is 17.8 Å². The van der Waals surface area contributed by atoms with Crippen LogP contribution in [0.1, 0.15) is 104 Å². The molecule has 0 saturated heterocycles. The SMILES string of the molecule is CCCCCCCN=C=O.CCCCCN=C=O.O=C=NC12CC3CC(CC(C3)C1)C2. The van der Waals surface area contributed by atoms with Crippen LogP contribution in [0.3, 0.4) is 0 Å². The second-order valence-corrected chi connectivity index (χ2v) is 9.41. The van der Waals surface area contributed by atoms with Crippen molar-refractivity contribution in [1.29, 1.82) is 0 Å². The molecular formula is C25H41N3O3. The minimum absolute atomic E-state index is 0.0521. The third-order valence-electron chi connectivity index (χ3n) is 6.66. The van der Waals surface area contributed by atoms with Crippen molar-refractivity contribution in [1.82, 2.24) is 0 Å². The Morgan fingerprint density at radius 3 is 1.48 bits per heavy atom. The number of aliphatic imine (C=N–C) groups is 3. The van der Waals surface area contributed by atoms with Gasteiger partial charge in [-0.1, -0.05) is 52.4 Å². The summed E-state index contributed by atoms with van der Waals surface area (Å²) in [5.41, 5.74) is 0.0521. The van der Waals surface area contributed by atoms with Gasteiger partial charge in [0.05, 0.1) is 18.6 Å². The maximum atomic E-state index is 10.4. The monoisotopic (exact) mass is 431 g/mol. The summed E-state index contributed by atoms with van der Waals surface area (Å²) < 4.78 is 0. The van der Waals surface area contributed by atoms with Crippen LogP contribution >= 0.6 is 0 Å².